The molecule has 2 aromatic rings. The summed E-state index contributed by atoms with van der Waals surface area (Å²) in [6, 6.07) is 7.97. The fraction of sp³-hybridized carbons (Fsp3) is 0.273. The second-order valence-corrected chi connectivity index (χ2v) is 3.09. The summed E-state index contributed by atoms with van der Waals surface area (Å²) in [4.78, 5) is 0. The second kappa shape index (κ2) is 3.51. The van der Waals surface area contributed by atoms with Crippen molar-refractivity contribution in [3.05, 3.63) is 24.3 Å². The van der Waals surface area contributed by atoms with Crippen LogP contribution in [0.15, 0.2) is 24.3 Å². The van der Waals surface area contributed by atoms with Crippen LogP contribution in [-0.2, 0) is 0 Å². The van der Waals surface area contributed by atoms with Crippen LogP contribution in [0.5, 0.6) is 0 Å². The molecule has 0 aliphatic heterocycles. The number of para-hydroxylation sites is 1. The highest BCUT2D eigenvalue weighted by molar-refractivity contribution is 5.74. The maximum atomic E-state index is 4.08. The van der Waals surface area contributed by atoms with Gasteiger partial charge >= 0.3 is 0 Å². The zero-order valence-corrected chi connectivity index (χ0v) is 8.23. The van der Waals surface area contributed by atoms with Crippen molar-refractivity contribution < 1.29 is 0 Å². The van der Waals surface area contributed by atoms with Crippen LogP contribution in [-0.4, -0.2) is 15.0 Å². The van der Waals surface area contributed by atoms with Crippen molar-refractivity contribution in [2.24, 2.45) is 0 Å². The van der Waals surface area contributed by atoms with Gasteiger partial charge < -0.3 is 0 Å². The Balaban J connectivity index is 2.56. The number of rotatable bonds is 1. The van der Waals surface area contributed by atoms with Crippen LogP contribution in [0.25, 0.3) is 11.0 Å². The molecular formula is C11H11N3. The Kier molecular flexibility index (Phi) is 2.19. The van der Waals surface area contributed by atoms with Crippen molar-refractivity contribution in [2.45, 2.75) is 19.9 Å². The molecule has 14 heavy (non-hydrogen) atoms. The van der Waals surface area contributed by atoms with Gasteiger partial charge in [0.15, 0.2) is 0 Å². The third kappa shape index (κ3) is 1.35. The van der Waals surface area contributed by atoms with E-state index in [0.29, 0.717) is 0 Å². The normalized spacial score (nSPS) is 12.1. The van der Waals surface area contributed by atoms with Crippen LogP contribution in [0.3, 0.4) is 0 Å². The molecule has 0 bridgehead atoms. The zero-order valence-electron chi connectivity index (χ0n) is 8.23. The van der Waals surface area contributed by atoms with Gasteiger partial charge in [-0.15, -0.1) is 11.0 Å². The van der Waals surface area contributed by atoms with Crippen LogP contribution < -0.4 is 0 Å². The highest BCUT2D eigenvalue weighted by atomic mass is 15.4. The lowest BCUT2D eigenvalue weighted by molar-refractivity contribution is 0.589. The summed E-state index contributed by atoms with van der Waals surface area (Å²) in [6.45, 7) is 3.84. The minimum atomic E-state index is 0.0763. The van der Waals surface area contributed by atoms with Gasteiger partial charge in [0.05, 0.1) is 5.52 Å². The molecule has 3 nitrogen and oxygen atoms in total. The van der Waals surface area contributed by atoms with Crippen LogP contribution in [0.1, 0.15) is 19.9 Å². The lowest BCUT2D eigenvalue weighted by Gasteiger charge is -2.03. The van der Waals surface area contributed by atoms with Gasteiger partial charge in [0.25, 0.3) is 0 Å². The van der Waals surface area contributed by atoms with Gasteiger partial charge in [0.1, 0.15) is 11.6 Å². The summed E-state index contributed by atoms with van der Waals surface area (Å²) < 4.78 is 1.84. The molecule has 0 saturated carbocycles. The van der Waals surface area contributed by atoms with E-state index in [-0.39, 0.29) is 6.04 Å². The first-order chi connectivity index (χ1) is 6.83. The van der Waals surface area contributed by atoms with Gasteiger partial charge in [-0.25, -0.2) is 4.68 Å². The van der Waals surface area contributed by atoms with Crippen molar-refractivity contribution in [2.75, 3.05) is 0 Å². The van der Waals surface area contributed by atoms with Crippen LogP contribution >= 0.6 is 0 Å². The summed E-state index contributed by atoms with van der Waals surface area (Å²) in [5.41, 5.74) is 1.94. The maximum absolute atomic E-state index is 4.08. The van der Waals surface area contributed by atoms with Crippen molar-refractivity contribution in [3.63, 3.8) is 0 Å². The highest BCUT2D eigenvalue weighted by Crippen LogP contribution is 2.14. The van der Waals surface area contributed by atoms with Gasteiger partial charge in [-0.1, -0.05) is 23.3 Å². The fourth-order valence-electron chi connectivity index (χ4n) is 1.44. The Morgan fingerprint density at radius 1 is 1.36 bits per heavy atom. The van der Waals surface area contributed by atoms with E-state index in [2.05, 4.69) is 22.2 Å². The van der Waals surface area contributed by atoms with E-state index in [9.17, 15) is 0 Å². The molecule has 1 unspecified atom stereocenters. The molecule has 70 valence electrons. The molecule has 1 aromatic carbocycles. The van der Waals surface area contributed by atoms with Crippen LogP contribution in [0.2, 0.25) is 0 Å². The maximum Gasteiger partial charge on any atom is 0.113 e. The highest BCUT2D eigenvalue weighted by Gasteiger charge is 2.07. The summed E-state index contributed by atoms with van der Waals surface area (Å²) in [7, 11) is 0. The number of aromatic nitrogens is 3. The van der Waals surface area contributed by atoms with Crippen LogP contribution in [0, 0.1) is 11.8 Å². The molecule has 1 atom stereocenters. The van der Waals surface area contributed by atoms with E-state index in [0.717, 1.165) is 11.0 Å². The Labute approximate surface area is 82.7 Å². The number of fused-ring (bicyclic) bond motifs is 1. The average Bonchev–Trinajstić information content (AvgIpc) is 2.61. The number of benzene rings is 1. The monoisotopic (exact) mass is 185 g/mol. The second-order valence-electron chi connectivity index (χ2n) is 3.09. The molecule has 2 rings (SSSR count). The molecule has 0 saturated heterocycles. The molecule has 1 heterocycles. The predicted octanol–water partition coefficient (Wildman–Crippen LogP) is 2.02. The van der Waals surface area contributed by atoms with Crippen molar-refractivity contribution in [1.82, 2.24) is 15.0 Å². The molecule has 0 radical (unpaired) electrons. The predicted molar refractivity (Wildman–Crippen MR) is 55.7 cm³/mol. The minimum absolute atomic E-state index is 0.0763. The number of hydrogen-bond acceptors (Lipinski definition) is 2. The first kappa shape index (κ1) is 8.76. The summed E-state index contributed by atoms with van der Waals surface area (Å²) in [5.74, 6) is 5.93. The first-order valence-corrected chi connectivity index (χ1v) is 4.55. The molecule has 3 heteroatoms. The third-order valence-electron chi connectivity index (χ3n) is 2.10. The van der Waals surface area contributed by atoms with Gasteiger partial charge in [0.2, 0.25) is 0 Å². The van der Waals surface area contributed by atoms with Gasteiger partial charge in [-0.05, 0) is 26.0 Å². The SMILES string of the molecule is CC#CC(C)n1nnc2ccccc21. The van der Waals surface area contributed by atoms with E-state index in [1.54, 1.807) is 0 Å². The van der Waals surface area contributed by atoms with Crippen molar-refractivity contribution in [1.29, 1.82) is 0 Å². The van der Waals surface area contributed by atoms with Gasteiger partial charge in [0, 0.05) is 0 Å². The van der Waals surface area contributed by atoms with Crippen molar-refractivity contribution >= 4 is 11.0 Å². The van der Waals surface area contributed by atoms with E-state index < -0.39 is 0 Å². The van der Waals surface area contributed by atoms with E-state index in [1.165, 1.54) is 0 Å². The smallest absolute Gasteiger partial charge is 0.113 e. The zero-order chi connectivity index (χ0) is 9.97. The standard InChI is InChI=1S/C11H11N3/c1-3-6-9(2)14-11-8-5-4-7-10(11)12-13-14/h4-5,7-9H,1-2H3. The summed E-state index contributed by atoms with van der Waals surface area (Å²) >= 11 is 0. The molecule has 0 aliphatic rings. The van der Waals surface area contributed by atoms with E-state index in [4.69, 9.17) is 0 Å². The Bertz CT molecular complexity index is 502. The minimum Gasteiger partial charge on any atom is -0.230 e. The fourth-order valence-corrected chi connectivity index (χ4v) is 1.44. The third-order valence-corrected chi connectivity index (χ3v) is 2.10. The molecule has 0 amide bonds. The van der Waals surface area contributed by atoms with E-state index in [1.807, 2.05) is 42.8 Å². The lowest BCUT2D eigenvalue weighted by Crippen LogP contribution is -2.04. The summed E-state index contributed by atoms with van der Waals surface area (Å²) in [6.07, 6.45) is 0. The van der Waals surface area contributed by atoms with Gasteiger partial charge in [-0.3, -0.25) is 0 Å². The van der Waals surface area contributed by atoms with E-state index >= 15 is 0 Å². The topological polar surface area (TPSA) is 30.7 Å². The number of nitrogens with zero attached hydrogens (tertiary/aromatic N) is 3. The Morgan fingerprint density at radius 2 is 2.14 bits per heavy atom. The molecule has 0 spiro atoms. The van der Waals surface area contributed by atoms with Crippen molar-refractivity contribution in [3.8, 4) is 11.8 Å². The summed E-state index contributed by atoms with van der Waals surface area (Å²) in [5, 5.41) is 8.15. The van der Waals surface area contributed by atoms with Crippen LogP contribution in [0.4, 0.5) is 0 Å². The molecular weight excluding hydrogens is 174 g/mol. The average molecular weight is 185 g/mol. The Morgan fingerprint density at radius 3 is 2.93 bits per heavy atom. The number of hydrogen-bond donors (Lipinski definition) is 0. The molecule has 0 fully saturated rings. The van der Waals surface area contributed by atoms with Gasteiger partial charge in [-0.2, -0.15) is 0 Å². The molecule has 1 aromatic heterocycles. The first-order valence-electron chi connectivity index (χ1n) is 4.55. The molecule has 0 N–H and O–H groups in total. The Hall–Kier alpha value is -1.82. The quantitative estimate of drug-likeness (QED) is 0.636. The largest absolute Gasteiger partial charge is 0.230 e. The lowest BCUT2D eigenvalue weighted by atomic mass is 10.3. The molecule has 0 aliphatic carbocycles.